The molecule has 8 heteroatoms. The van der Waals surface area contributed by atoms with Crippen molar-refractivity contribution in [3.05, 3.63) is 64.7 Å². The summed E-state index contributed by atoms with van der Waals surface area (Å²) < 4.78 is 92.6. The summed E-state index contributed by atoms with van der Waals surface area (Å²) in [6.07, 6.45) is -5.54. The van der Waals surface area contributed by atoms with Gasteiger partial charge < -0.3 is 4.90 Å². The number of benzene rings is 2. The van der Waals surface area contributed by atoms with Crippen molar-refractivity contribution in [2.24, 2.45) is 0 Å². The predicted octanol–water partition coefficient (Wildman–Crippen LogP) is 4.82. The molecule has 1 heterocycles. The number of hydrogen-bond acceptors (Lipinski definition) is 1. The second-order valence-electron chi connectivity index (χ2n) is 5.06. The van der Waals surface area contributed by atoms with Crippen LogP contribution >= 0.6 is 0 Å². The van der Waals surface area contributed by atoms with Crippen LogP contribution in [-0.4, -0.2) is 6.54 Å². The van der Waals surface area contributed by atoms with Crippen LogP contribution in [0.2, 0.25) is 0 Å². The number of nitrogens with zero attached hydrogens (tertiary/aromatic N) is 1. The number of halogens is 7. The summed E-state index contributed by atoms with van der Waals surface area (Å²) in [5, 5.41) is 0. The summed E-state index contributed by atoms with van der Waals surface area (Å²) in [4.78, 5) is 0.965. The van der Waals surface area contributed by atoms with E-state index in [1.807, 2.05) is 0 Å². The number of rotatable bonds is 2. The van der Waals surface area contributed by atoms with E-state index in [2.05, 4.69) is 0 Å². The number of alkyl halides is 3. The van der Waals surface area contributed by atoms with Crippen molar-refractivity contribution >= 4 is 5.69 Å². The maximum Gasteiger partial charge on any atom is 0.422 e. The van der Waals surface area contributed by atoms with Crippen LogP contribution in [0.5, 0.6) is 0 Å². The highest BCUT2D eigenvalue weighted by Crippen LogP contribution is 2.46. The van der Waals surface area contributed by atoms with Crippen molar-refractivity contribution in [2.75, 3.05) is 11.4 Å². The van der Waals surface area contributed by atoms with Gasteiger partial charge in [-0.05, 0) is 5.56 Å². The molecule has 0 aliphatic carbocycles. The van der Waals surface area contributed by atoms with E-state index in [-0.39, 0.29) is 6.54 Å². The van der Waals surface area contributed by atoms with Crippen LogP contribution in [0.15, 0.2) is 30.3 Å². The SMILES string of the molecule is Fc1c(F)c(C(F)(F)F)c(F)c(F)c1N1CC1c1ccccc1. The first kappa shape index (κ1) is 15.6. The summed E-state index contributed by atoms with van der Waals surface area (Å²) in [5.74, 6) is -8.97. The third-order valence-electron chi connectivity index (χ3n) is 3.61. The molecule has 23 heavy (non-hydrogen) atoms. The van der Waals surface area contributed by atoms with E-state index in [4.69, 9.17) is 0 Å². The molecule has 1 nitrogen and oxygen atoms in total. The molecule has 1 fully saturated rings. The summed E-state index contributed by atoms with van der Waals surface area (Å²) in [6, 6.07) is 7.75. The maximum absolute atomic E-state index is 13.9. The van der Waals surface area contributed by atoms with E-state index in [0.29, 0.717) is 5.56 Å². The van der Waals surface area contributed by atoms with E-state index >= 15 is 0 Å². The zero-order chi connectivity index (χ0) is 16.9. The van der Waals surface area contributed by atoms with Crippen LogP contribution in [0.4, 0.5) is 36.4 Å². The lowest BCUT2D eigenvalue weighted by atomic mass is 10.1. The molecule has 1 unspecified atom stereocenters. The Balaban J connectivity index is 2.06. The molecule has 0 aromatic heterocycles. The van der Waals surface area contributed by atoms with Gasteiger partial charge in [-0.25, -0.2) is 17.6 Å². The van der Waals surface area contributed by atoms with Crippen molar-refractivity contribution in [2.45, 2.75) is 12.2 Å². The summed E-state index contributed by atoms with van der Waals surface area (Å²) in [7, 11) is 0. The molecule has 0 radical (unpaired) electrons. The van der Waals surface area contributed by atoms with Gasteiger partial charge in [-0.3, -0.25) is 0 Å². The van der Waals surface area contributed by atoms with Crippen LogP contribution < -0.4 is 4.90 Å². The highest BCUT2D eigenvalue weighted by molar-refractivity contribution is 5.60. The highest BCUT2D eigenvalue weighted by Gasteiger charge is 2.46. The minimum atomic E-state index is -5.54. The minimum Gasteiger partial charge on any atom is -0.355 e. The van der Waals surface area contributed by atoms with E-state index < -0.39 is 46.7 Å². The maximum atomic E-state index is 13.9. The molecular weight excluding hydrogens is 327 g/mol. The molecule has 0 spiro atoms. The second kappa shape index (κ2) is 5.14. The summed E-state index contributed by atoms with van der Waals surface area (Å²) in [5.41, 5.74) is -3.05. The molecule has 0 N–H and O–H groups in total. The Bertz CT molecular complexity index is 726. The molecule has 2 aromatic rings. The van der Waals surface area contributed by atoms with Gasteiger partial charge in [0.15, 0.2) is 23.3 Å². The van der Waals surface area contributed by atoms with Gasteiger partial charge in [0.2, 0.25) is 0 Å². The first-order valence-corrected chi connectivity index (χ1v) is 6.48. The van der Waals surface area contributed by atoms with Crippen molar-refractivity contribution < 1.29 is 30.7 Å². The Morgan fingerprint density at radius 3 is 1.83 bits per heavy atom. The van der Waals surface area contributed by atoms with Crippen molar-refractivity contribution in [1.29, 1.82) is 0 Å². The molecule has 1 aliphatic rings. The van der Waals surface area contributed by atoms with Gasteiger partial charge in [0.1, 0.15) is 11.3 Å². The Morgan fingerprint density at radius 2 is 1.35 bits per heavy atom. The van der Waals surface area contributed by atoms with Gasteiger partial charge in [0, 0.05) is 6.54 Å². The average molecular weight is 335 g/mol. The Hall–Kier alpha value is -2.25. The van der Waals surface area contributed by atoms with Crippen LogP contribution in [0.3, 0.4) is 0 Å². The molecule has 0 saturated carbocycles. The molecule has 122 valence electrons. The van der Waals surface area contributed by atoms with Gasteiger partial charge in [-0.15, -0.1) is 0 Å². The largest absolute Gasteiger partial charge is 0.422 e. The first-order chi connectivity index (χ1) is 10.7. The van der Waals surface area contributed by atoms with Crippen molar-refractivity contribution in [1.82, 2.24) is 0 Å². The van der Waals surface area contributed by atoms with E-state index in [0.717, 1.165) is 4.90 Å². The lowest BCUT2D eigenvalue weighted by Crippen LogP contribution is -2.17. The zero-order valence-corrected chi connectivity index (χ0v) is 11.3. The summed E-state index contributed by atoms with van der Waals surface area (Å²) >= 11 is 0. The molecular formula is C15H8F7N. The minimum absolute atomic E-state index is 0.0437. The van der Waals surface area contributed by atoms with Gasteiger partial charge in [0.25, 0.3) is 0 Å². The number of anilines is 1. The van der Waals surface area contributed by atoms with E-state index in [9.17, 15) is 30.7 Å². The lowest BCUT2D eigenvalue weighted by molar-refractivity contribution is -0.143. The lowest BCUT2D eigenvalue weighted by Gasteiger charge is -2.15. The van der Waals surface area contributed by atoms with Crippen LogP contribution in [0.25, 0.3) is 0 Å². The van der Waals surface area contributed by atoms with Gasteiger partial charge >= 0.3 is 6.18 Å². The zero-order valence-electron chi connectivity index (χ0n) is 11.3. The molecule has 0 amide bonds. The first-order valence-electron chi connectivity index (χ1n) is 6.48. The quantitative estimate of drug-likeness (QED) is 0.432. The Morgan fingerprint density at radius 1 is 0.826 bits per heavy atom. The molecule has 1 saturated heterocycles. The van der Waals surface area contributed by atoms with Gasteiger partial charge in [0.05, 0.1) is 6.04 Å². The topological polar surface area (TPSA) is 3.01 Å². The summed E-state index contributed by atoms with van der Waals surface area (Å²) in [6.45, 7) is 0.0437. The van der Waals surface area contributed by atoms with E-state index in [1.165, 1.54) is 0 Å². The Labute approximate surface area is 125 Å². The molecule has 1 atom stereocenters. The fourth-order valence-electron chi connectivity index (χ4n) is 2.47. The van der Waals surface area contributed by atoms with Crippen molar-refractivity contribution in [3.8, 4) is 0 Å². The third kappa shape index (κ3) is 2.51. The fourth-order valence-corrected chi connectivity index (χ4v) is 2.47. The van der Waals surface area contributed by atoms with Gasteiger partial charge in [-0.1, -0.05) is 30.3 Å². The standard InChI is InChI=1S/C15H8F7N/c16-10-9(15(20,21)22)11(17)13(19)14(12(10)18)23-6-8(23)7-4-2-1-3-5-7/h1-5,8H,6H2. The fraction of sp³-hybridized carbons (Fsp3) is 0.200. The van der Waals surface area contributed by atoms with Gasteiger partial charge in [-0.2, -0.15) is 13.2 Å². The normalized spacial score (nSPS) is 17.5. The van der Waals surface area contributed by atoms with Crippen LogP contribution in [0.1, 0.15) is 17.2 Å². The molecule has 3 rings (SSSR count). The highest BCUT2D eigenvalue weighted by atomic mass is 19.4. The van der Waals surface area contributed by atoms with Crippen molar-refractivity contribution in [3.63, 3.8) is 0 Å². The third-order valence-corrected chi connectivity index (χ3v) is 3.61. The second-order valence-corrected chi connectivity index (χ2v) is 5.06. The molecule has 1 aliphatic heterocycles. The van der Waals surface area contributed by atoms with Crippen LogP contribution in [0, 0.1) is 23.3 Å². The monoisotopic (exact) mass is 335 g/mol. The average Bonchev–Trinajstić information content (AvgIpc) is 3.25. The molecule has 0 bridgehead atoms. The smallest absolute Gasteiger partial charge is 0.355 e. The molecule has 2 aromatic carbocycles. The van der Waals surface area contributed by atoms with Crippen LogP contribution in [-0.2, 0) is 6.18 Å². The predicted molar refractivity (Wildman–Crippen MR) is 67.8 cm³/mol. The Kier molecular flexibility index (Phi) is 3.50. The van der Waals surface area contributed by atoms with E-state index in [1.54, 1.807) is 30.3 Å². The number of hydrogen-bond donors (Lipinski definition) is 0.